The van der Waals surface area contributed by atoms with Crippen LogP contribution in [0, 0.1) is 18.8 Å². The Morgan fingerprint density at radius 1 is 1.52 bits per heavy atom. The Morgan fingerprint density at radius 3 is 3.05 bits per heavy atom. The van der Waals surface area contributed by atoms with Crippen molar-refractivity contribution in [2.45, 2.75) is 33.6 Å². The molecule has 1 saturated heterocycles. The van der Waals surface area contributed by atoms with Gasteiger partial charge >= 0.3 is 0 Å². The van der Waals surface area contributed by atoms with Gasteiger partial charge in [-0.3, -0.25) is 9.78 Å². The summed E-state index contributed by atoms with van der Waals surface area (Å²) in [7, 11) is 0. The van der Waals surface area contributed by atoms with Crippen LogP contribution in [0.1, 0.15) is 42.7 Å². The van der Waals surface area contributed by atoms with Crippen molar-refractivity contribution in [3.63, 3.8) is 0 Å². The summed E-state index contributed by atoms with van der Waals surface area (Å²) in [5.41, 5.74) is 1.48. The molecule has 2 heterocycles. The lowest BCUT2D eigenvalue weighted by molar-refractivity contribution is 0.0923. The Hall–Kier alpha value is -1.42. The molecule has 0 radical (unpaired) electrons. The number of aromatic nitrogens is 1. The van der Waals surface area contributed by atoms with Crippen LogP contribution in [-0.4, -0.2) is 42.0 Å². The predicted octanol–water partition coefficient (Wildman–Crippen LogP) is 2.49. The standard InChI is InChI=1S/C17H27N3O/c1-13(2)11-20-9-5-7-15(12-20)10-19-17(21)16-14(3)6-4-8-18-16/h4,6,8,13,15H,5,7,9-12H2,1-3H3,(H,19,21). The summed E-state index contributed by atoms with van der Waals surface area (Å²) >= 11 is 0. The first-order valence-corrected chi connectivity index (χ1v) is 7.98. The van der Waals surface area contributed by atoms with Gasteiger partial charge in [-0.1, -0.05) is 19.9 Å². The van der Waals surface area contributed by atoms with E-state index in [0.717, 1.165) is 25.2 Å². The second kappa shape index (κ2) is 7.55. The summed E-state index contributed by atoms with van der Waals surface area (Å²) in [6, 6.07) is 3.78. The van der Waals surface area contributed by atoms with Crippen LogP contribution >= 0.6 is 0 Å². The number of carbonyl (C=O) groups is 1. The maximum atomic E-state index is 12.2. The quantitative estimate of drug-likeness (QED) is 0.906. The molecule has 116 valence electrons. The van der Waals surface area contributed by atoms with Gasteiger partial charge in [-0.25, -0.2) is 0 Å². The van der Waals surface area contributed by atoms with Crippen LogP contribution in [-0.2, 0) is 0 Å². The number of rotatable bonds is 5. The van der Waals surface area contributed by atoms with E-state index in [-0.39, 0.29) is 5.91 Å². The number of aryl methyl sites for hydroxylation is 1. The number of nitrogens with zero attached hydrogens (tertiary/aromatic N) is 2. The van der Waals surface area contributed by atoms with Crippen molar-refractivity contribution in [1.29, 1.82) is 0 Å². The van der Waals surface area contributed by atoms with Gasteiger partial charge in [-0.15, -0.1) is 0 Å². The fourth-order valence-corrected chi connectivity index (χ4v) is 3.04. The SMILES string of the molecule is Cc1cccnc1C(=O)NCC1CCCN(CC(C)C)C1. The number of pyridine rings is 1. The van der Waals surface area contributed by atoms with Crippen molar-refractivity contribution in [2.24, 2.45) is 11.8 Å². The first kappa shape index (κ1) is 16.0. The monoisotopic (exact) mass is 289 g/mol. The third-order valence-electron chi connectivity index (χ3n) is 4.00. The third-order valence-corrected chi connectivity index (χ3v) is 4.00. The van der Waals surface area contributed by atoms with Crippen LogP contribution in [0.25, 0.3) is 0 Å². The fraction of sp³-hybridized carbons (Fsp3) is 0.647. The Kier molecular flexibility index (Phi) is 5.74. The number of hydrogen-bond donors (Lipinski definition) is 1. The summed E-state index contributed by atoms with van der Waals surface area (Å²) < 4.78 is 0. The highest BCUT2D eigenvalue weighted by atomic mass is 16.1. The van der Waals surface area contributed by atoms with E-state index < -0.39 is 0 Å². The van der Waals surface area contributed by atoms with E-state index in [0.29, 0.717) is 17.5 Å². The number of likely N-dealkylation sites (tertiary alicyclic amines) is 1. The van der Waals surface area contributed by atoms with Gasteiger partial charge in [0.05, 0.1) is 0 Å². The molecule has 1 aromatic rings. The molecule has 0 aromatic carbocycles. The maximum absolute atomic E-state index is 12.2. The minimum Gasteiger partial charge on any atom is -0.350 e. The zero-order valence-electron chi connectivity index (χ0n) is 13.4. The largest absolute Gasteiger partial charge is 0.350 e. The molecule has 0 spiro atoms. The van der Waals surface area contributed by atoms with E-state index in [1.807, 2.05) is 19.1 Å². The van der Waals surface area contributed by atoms with Crippen molar-refractivity contribution in [2.75, 3.05) is 26.2 Å². The molecule has 2 rings (SSSR count). The number of nitrogens with one attached hydrogen (secondary N) is 1. The van der Waals surface area contributed by atoms with E-state index in [2.05, 4.69) is 29.0 Å². The first-order chi connectivity index (χ1) is 10.1. The zero-order chi connectivity index (χ0) is 15.2. The van der Waals surface area contributed by atoms with Crippen molar-refractivity contribution in [3.05, 3.63) is 29.6 Å². The Bertz CT molecular complexity index is 473. The van der Waals surface area contributed by atoms with Crippen molar-refractivity contribution in [1.82, 2.24) is 15.2 Å². The Balaban J connectivity index is 1.82. The molecule has 1 amide bonds. The Labute approximate surface area is 127 Å². The van der Waals surface area contributed by atoms with Gasteiger partial charge in [-0.2, -0.15) is 0 Å². The minimum atomic E-state index is -0.0471. The molecule has 1 atom stereocenters. The number of piperidine rings is 1. The van der Waals surface area contributed by atoms with E-state index in [1.54, 1.807) is 6.20 Å². The van der Waals surface area contributed by atoms with E-state index in [9.17, 15) is 4.79 Å². The molecule has 0 saturated carbocycles. The lowest BCUT2D eigenvalue weighted by atomic mass is 9.97. The normalized spacial score (nSPS) is 19.7. The van der Waals surface area contributed by atoms with E-state index in [1.165, 1.54) is 19.4 Å². The molecule has 1 aliphatic rings. The molecule has 1 aliphatic heterocycles. The lowest BCUT2D eigenvalue weighted by Crippen LogP contribution is -2.42. The summed E-state index contributed by atoms with van der Waals surface area (Å²) in [6.07, 6.45) is 4.11. The van der Waals surface area contributed by atoms with Crippen molar-refractivity contribution >= 4 is 5.91 Å². The van der Waals surface area contributed by atoms with Crippen LogP contribution in [0.4, 0.5) is 0 Å². The first-order valence-electron chi connectivity index (χ1n) is 7.98. The van der Waals surface area contributed by atoms with Crippen LogP contribution in [0.15, 0.2) is 18.3 Å². The molecule has 1 N–H and O–H groups in total. The molecule has 21 heavy (non-hydrogen) atoms. The number of hydrogen-bond acceptors (Lipinski definition) is 3. The highest BCUT2D eigenvalue weighted by molar-refractivity contribution is 5.93. The zero-order valence-corrected chi connectivity index (χ0v) is 13.4. The van der Waals surface area contributed by atoms with Crippen LogP contribution < -0.4 is 5.32 Å². The third kappa shape index (κ3) is 4.81. The van der Waals surface area contributed by atoms with Crippen LogP contribution in [0.5, 0.6) is 0 Å². The smallest absolute Gasteiger partial charge is 0.270 e. The number of carbonyl (C=O) groups excluding carboxylic acids is 1. The average Bonchev–Trinajstić information content (AvgIpc) is 2.45. The van der Waals surface area contributed by atoms with Crippen molar-refractivity contribution < 1.29 is 4.79 Å². The van der Waals surface area contributed by atoms with Gasteiger partial charge in [0.25, 0.3) is 5.91 Å². The van der Waals surface area contributed by atoms with E-state index >= 15 is 0 Å². The van der Waals surface area contributed by atoms with E-state index in [4.69, 9.17) is 0 Å². The van der Waals surface area contributed by atoms with Gasteiger partial charge in [0.2, 0.25) is 0 Å². The molecular weight excluding hydrogens is 262 g/mol. The topological polar surface area (TPSA) is 45.2 Å². The summed E-state index contributed by atoms with van der Waals surface area (Å²) in [6.45, 7) is 10.6. The molecular formula is C17H27N3O. The summed E-state index contributed by atoms with van der Waals surface area (Å²) in [4.78, 5) is 18.9. The second-order valence-electron chi connectivity index (χ2n) is 6.54. The molecule has 4 nitrogen and oxygen atoms in total. The van der Waals surface area contributed by atoms with Gasteiger partial charge in [0, 0.05) is 25.8 Å². The van der Waals surface area contributed by atoms with Gasteiger partial charge in [-0.05, 0) is 49.8 Å². The van der Waals surface area contributed by atoms with Gasteiger partial charge in [0.15, 0.2) is 0 Å². The average molecular weight is 289 g/mol. The fourth-order valence-electron chi connectivity index (χ4n) is 3.04. The van der Waals surface area contributed by atoms with Crippen LogP contribution in [0.2, 0.25) is 0 Å². The molecule has 1 fully saturated rings. The highest BCUT2D eigenvalue weighted by Crippen LogP contribution is 2.17. The van der Waals surface area contributed by atoms with Crippen LogP contribution in [0.3, 0.4) is 0 Å². The highest BCUT2D eigenvalue weighted by Gasteiger charge is 2.21. The van der Waals surface area contributed by atoms with Gasteiger partial charge < -0.3 is 10.2 Å². The predicted molar refractivity (Wildman–Crippen MR) is 85.3 cm³/mol. The maximum Gasteiger partial charge on any atom is 0.270 e. The summed E-state index contributed by atoms with van der Waals surface area (Å²) in [5, 5.41) is 3.06. The van der Waals surface area contributed by atoms with Crippen molar-refractivity contribution in [3.8, 4) is 0 Å². The molecule has 0 aliphatic carbocycles. The van der Waals surface area contributed by atoms with Gasteiger partial charge in [0.1, 0.15) is 5.69 Å². The molecule has 4 heteroatoms. The number of amides is 1. The molecule has 0 bridgehead atoms. The molecule has 1 aromatic heterocycles. The lowest BCUT2D eigenvalue weighted by Gasteiger charge is -2.33. The minimum absolute atomic E-state index is 0.0471. The summed E-state index contributed by atoms with van der Waals surface area (Å²) in [5.74, 6) is 1.22. The molecule has 1 unspecified atom stereocenters. The Morgan fingerprint density at radius 2 is 2.33 bits per heavy atom. The second-order valence-corrected chi connectivity index (χ2v) is 6.54.